The number of amides is 2. The summed E-state index contributed by atoms with van der Waals surface area (Å²) in [4.78, 5) is 24.1. The summed E-state index contributed by atoms with van der Waals surface area (Å²) in [6.07, 6.45) is 0. The monoisotopic (exact) mass is 358 g/mol. The van der Waals surface area contributed by atoms with Crippen molar-refractivity contribution in [1.82, 2.24) is 0 Å². The van der Waals surface area contributed by atoms with Gasteiger partial charge in [-0.15, -0.1) is 0 Å². The van der Waals surface area contributed by atoms with Crippen LogP contribution in [0, 0.1) is 0 Å². The topological polar surface area (TPSA) is 85.9 Å². The highest BCUT2D eigenvalue weighted by atomic mass is 16.5. The highest BCUT2D eigenvalue weighted by Gasteiger charge is 2.10. The number of hydrogen-bond acceptors (Lipinski definition) is 5. The van der Waals surface area contributed by atoms with Gasteiger partial charge in [-0.25, -0.2) is 0 Å². The van der Waals surface area contributed by atoms with E-state index < -0.39 is 0 Å². The van der Waals surface area contributed by atoms with Gasteiger partial charge in [-0.1, -0.05) is 12.1 Å². The number of ether oxygens (including phenoxy) is 3. The lowest BCUT2D eigenvalue weighted by Crippen LogP contribution is -2.19. The largest absolute Gasteiger partial charge is 0.495 e. The second kappa shape index (κ2) is 10.2. The van der Waals surface area contributed by atoms with Gasteiger partial charge in [-0.05, 0) is 36.4 Å². The Hall–Kier alpha value is -2.90. The highest BCUT2D eigenvalue weighted by molar-refractivity contribution is 6.05. The molecule has 2 aromatic carbocycles. The Morgan fingerprint density at radius 1 is 0.923 bits per heavy atom. The maximum Gasteiger partial charge on any atom is 0.255 e. The van der Waals surface area contributed by atoms with Gasteiger partial charge >= 0.3 is 0 Å². The minimum absolute atomic E-state index is 0.0562. The van der Waals surface area contributed by atoms with Crippen LogP contribution < -0.4 is 15.4 Å². The molecule has 0 aromatic heterocycles. The van der Waals surface area contributed by atoms with Crippen molar-refractivity contribution >= 4 is 23.2 Å². The van der Waals surface area contributed by atoms with Crippen LogP contribution in [0.5, 0.6) is 5.75 Å². The zero-order valence-electron chi connectivity index (χ0n) is 14.8. The van der Waals surface area contributed by atoms with Crippen molar-refractivity contribution in [3.8, 4) is 5.75 Å². The fourth-order valence-electron chi connectivity index (χ4n) is 2.15. The summed E-state index contributed by atoms with van der Waals surface area (Å²) in [6, 6.07) is 13.7. The first kappa shape index (κ1) is 19.4. The van der Waals surface area contributed by atoms with Gasteiger partial charge < -0.3 is 24.8 Å². The Kier molecular flexibility index (Phi) is 7.60. The Balaban J connectivity index is 1.90. The molecule has 2 amide bonds. The molecule has 7 nitrogen and oxygen atoms in total. The molecule has 0 aliphatic heterocycles. The number of carbonyl (C=O) groups excluding carboxylic acids is 2. The van der Waals surface area contributed by atoms with E-state index in [1.807, 2.05) is 12.1 Å². The van der Waals surface area contributed by atoms with E-state index in [9.17, 15) is 9.59 Å². The number of methoxy groups -OCH3 is 2. The van der Waals surface area contributed by atoms with Crippen molar-refractivity contribution in [2.45, 2.75) is 0 Å². The van der Waals surface area contributed by atoms with Crippen molar-refractivity contribution in [2.75, 3.05) is 44.7 Å². The quantitative estimate of drug-likeness (QED) is 0.673. The van der Waals surface area contributed by atoms with Crippen LogP contribution >= 0.6 is 0 Å². The van der Waals surface area contributed by atoms with Crippen LogP contribution in [-0.2, 0) is 14.3 Å². The van der Waals surface area contributed by atoms with Crippen molar-refractivity contribution in [3.05, 3.63) is 54.1 Å². The first-order chi connectivity index (χ1) is 12.6. The number of hydrogen-bond donors (Lipinski definition) is 2. The van der Waals surface area contributed by atoms with Gasteiger partial charge in [0.2, 0.25) is 5.91 Å². The maximum atomic E-state index is 12.3. The zero-order chi connectivity index (χ0) is 18.8. The molecule has 0 heterocycles. The highest BCUT2D eigenvalue weighted by Crippen LogP contribution is 2.23. The smallest absolute Gasteiger partial charge is 0.255 e. The summed E-state index contributed by atoms with van der Waals surface area (Å²) in [6.45, 7) is 0.731. The van der Waals surface area contributed by atoms with E-state index in [-0.39, 0.29) is 18.4 Å². The number of carbonyl (C=O) groups is 2. The van der Waals surface area contributed by atoms with Crippen LogP contribution in [0.15, 0.2) is 48.5 Å². The molecule has 2 N–H and O–H groups in total. The lowest BCUT2D eigenvalue weighted by molar-refractivity contribution is -0.121. The minimum Gasteiger partial charge on any atom is -0.495 e. The van der Waals surface area contributed by atoms with Gasteiger partial charge in [0.15, 0.2) is 0 Å². The first-order valence-corrected chi connectivity index (χ1v) is 8.05. The summed E-state index contributed by atoms with van der Waals surface area (Å²) >= 11 is 0. The van der Waals surface area contributed by atoms with Crippen LogP contribution in [0.4, 0.5) is 11.4 Å². The Morgan fingerprint density at radius 2 is 1.65 bits per heavy atom. The average molecular weight is 358 g/mol. The average Bonchev–Trinajstić information content (AvgIpc) is 2.66. The molecule has 0 atom stereocenters. The van der Waals surface area contributed by atoms with Crippen LogP contribution in [0.1, 0.15) is 10.4 Å². The van der Waals surface area contributed by atoms with E-state index in [1.165, 1.54) is 0 Å². The minimum atomic E-state index is -0.271. The molecule has 0 aliphatic carbocycles. The number of para-hydroxylation sites is 2. The molecule has 0 radical (unpaired) electrons. The van der Waals surface area contributed by atoms with Gasteiger partial charge in [-0.3, -0.25) is 9.59 Å². The molecule has 0 fully saturated rings. The normalized spacial score (nSPS) is 10.2. The summed E-state index contributed by atoms with van der Waals surface area (Å²) in [5.41, 5.74) is 1.63. The fourth-order valence-corrected chi connectivity index (χ4v) is 2.15. The number of anilines is 2. The van der Waals surface area contributed by atoms with E-state index in [1.54, 1.807) is 50.6 Å². The fraction of sp³-hybridized carbons (Fsp3) is 0.263. The van der Waals surface area contributed by atoms with Crippen LogP contribution in [0.3, 0.4) is 0 Å². The van der Waals surface area contributed by atoms with E-state index in [2.05, 4.69) is 10.6 Å². The SMILES string of the molecule is COCCOCC(=O)Nc1ccc(C(=O)Nc2ccccc2OC)cc1. The third kappa shape index (κ3) is 5.87. The summed E-state index contributed by atoms with van der Waals surface area (Å²) in [5.74, 6) is 0.0424. The van der Waals surface area contributed by atoms with Gasteiger partial charge in [0, 0.05) is 18.4 Å². The Morgan fingerprint density at radius 3 is 2.35 bits per heavy atom. The predicted molar refractivity (Wildman–Crippen MR) is 98.7 cm³/mol. The molecular weight excluding hydrogens is 336 g/mol. The van der Waals surface area contributed by atoms with Crippen molar-refractivity contribution in [3.63, 3.8) is 0 Å². The standard InChI is InChI=1S/C19H22N2O5/c1-24-11-12-26-13-18(22)20-15-9-7-14(8-10-15)19(23)21-16-5-3-4-6-17(16)25-2/h3-10H,11-13H2,1-2H3,(H,20,22)(H,21,23). The van der Waals surface area contributed by atoms with E-state index >= 15 is 0 Å². The van der Waals surface area contributed by atoms with Gasteiger partial charge in [0.1, 0.15) is 12.4 Å². The molecule has 26 heavy (non-hydrogen) atoms. The van der Waals surface area contributed by atoms with Gasteiger partial charge in [0.05, 0.1) is 26.0 Å². The summed E-state index contributed by atoms with van der Waals surface area (Å²) < 4.78 is 15.2. The third-order valence-electron chi connectivity index (χ3n) is 3.45. The maximum absolute atomic E-state index is 12.3. The van der Waals surface area contributed by atoms with Crippen molar-refractivity contribution in [2.24, 2.45) is 0 Å². The van der Waals surface area contributed by atoms with E-state index in [4.69, 9.17) is 14.2 Å². The molecule has 138 valence electrons. The molecule has 0 aliphatic rings. The third-order valence-corrected chi connectivity index (χ3v) is 3.45. The number of rotatable bonds is 9. The second-order valence-electron chi connectivity index (χ2n) is 5.33. The lowest BCUT2D eigenvalue weighted by atomic mass is 10.2. The van der Waals surface area contributed by atoms with Crippen LogP contribution in [-0.4, -0.2) is 45.9 Å². The second-order valence-corrected chi connectivity index (χ2v) is 5.33. The van der Waals surface area contributed by atoms with Crippen LogP contribution in [0.2, 0.25) is 0 Å². The Bertz CT molecular complexity index is 731. The molecular formula is C19H22N2O5. The molecule has 0 saturated carbocycles. The van der Waals surface area contributed by atoms with Crippen molar-refractivity contribution < 1.29 is 23.8 Å². The van der Waals surface area contributed by atoms with E-state index in [0.717, 1.165) is 0 Å². The first-order valence-electron chi connectivity index (χ1n) is 8.05. The molecule has 7 heteroatoms. The number of benzene rings is 2. The summed E-state index contributed by atoms with van der Waals surface area (Å²) in [7, 11) is 3.11. The molecule has 0 saturated heterocycles. The molecule has 2 rings (SSSR count). The summed E-state index contributed by atoms with van der Waals surface area (Å²) in [5, 5.41) is 5.49. The lowest BCUT2D eigenvalue weighted by Gasteiger charge is -2.10. The molecule has 0 bridgehead atoms. The number of nitrogens with one attached hydrogen (secondary N) is 2. The van der Waals surface area contributed by atoms with Crippen molar-refractivity contribution in [1.29, 1.82) is 0 Å². The predicted octanol–water partition coefficient (Wildman–Crippen LogP) is 2.55. The van der Waals surface area contributed by atoms with Crippen LogP contribution in [0.25, 0.3) is 0 Å². The molecule has 2 aromatic rings. The van der Waals surface area contributed by atoms with Gasteiger partial charge in [0.25, 0.3) is 5.91 Å². The van der Waals surface area contributed by atoms with Gasteiger partial charge in [-0.2, -0.15) is 0 Å². The zero-order valence-corrected chi connectivity index (χ0v) is 14.8. The van der Waals surface area contributed by atoms with E-state index in [0.29, 0.717) is 35.9 Å². The Labute approximate surface area is 152 Å². The molecule has 0 spiro atoms. The molecule has 0 unspecified atom stereocenters.